The van der Waals surface area contributed by atoms with Gasteiger partial charge < -0.3 is 40.5 Å². The molecule has 0 radical (unpaired) electrons. The monoisotopic (exact) mass is 212 g/mol. The van der Waals surface area contributed by atoms with Gasteiger partial charge in [-0.3, -0.25) is 0 Å². The molecule has 84 valence electrons. The van der Waals surface area contributed by atoms with Crippen LogP contribution in [0.5, 0.6) is 0 Å². The first-order valence-electron chi connectivity index (χ1n) is 3.80. The van der Waals surface area contributed by atoms with Crippen LogP contribution in [0, 0.1) is 0 Å². The zero-order chi connectivity index (χ0) is 11.1. The van der Waals surface area contributed by atoms with Gasteiger partial charge in [-0.2, -0.15) is 0 Å². The van der Waals surface area contributed by atoms with Crippen LogP contribution >= 0.6 is 0 Å². The molecule has 0 bridgehead atoms. The van der Waals surface area contributed by atoms with E-state index in [0.717, 1.165) is 0 Å². The number of aliphatic hydroxyl groups excluding tert-OH is 4. The summed E-state index contributed by atoms with van der Waals surface area (Å²) < 4.78 is 4.29. The minimum atomic E-state index is -3.42. The van der Waals surface area contributed by atoms with E-state index in [2.05, 4.69) is 4.74 Å². The predicted octanol–water partition coefficient (Wildman–Crippen LogP) is -4.58. The fraction of sp³-hybridized carbons (Fsp3) is 1.00. The van der Waals surface area contributed by atoms with E-state index in [-0.39, 0.29) is 0 Å². The van der Waals surface area contributed by atoms with Gasteiger partial charge in [0.05, 0.1) is 0 Å². The number of hydrogen-bond acceptors (Lipinski definition) is 8. The lowest BCUT2D eigenvalue weighted by atomic mass is 9.97. The SMILES string of the molecule is O[C@@H]1[C@H](O)[C@@H](O)O[C@H](C(O)(O)O)[C@H]1O. The molecule has 0 unspecified atom stereocenters. The van der Waals surface area contributed by atoms with E-state index in [1.807, 2.05) is 0 Å². The molecule has 1 rings (SSSR count). The minimum absolute atomic E-state index is 1.79. The van der Waals surface area contributed by atoms with Crippen LogP contribution in [0.25, 0.3) is 0 Å². The quantitative estimate of drug-likeness (QED) is 0.214. The van der Waals surface area contributed by atoms with Crippen molar-refractivity contribution in [2.45, 2.75) is 36.7 Å². The molecule has 7 N–H and O–H groups in total. The third-order valence-electron chi connectivity index (χ3n) is 1.97. The molecule has 0 saturated carbocycles. The Labute approximate surface area is 78.2 Å². The van der Waals surface area contributed by atoms with Gasteiger partial charge in [-0.05, 0) is 0 Å². The molecule has 8 heteroatoms. The van der Waals surface area contributed by atoms with Gasteiger partial charge in [-0.1, -0.05) is 0 Å². The Hall–Kier alpha value is -0.320. The van der Waals surface area contributed by atoms with Crippen molar-refractivity contribution in [2.24, 2.45) is 0 Å². The molecule has 8 nitrogen and oxygen atoms in total. The van der Waals surface area contributed by atoms with Gasteiger partial charge in [-0.15, -0.1) is 0 Å². The first kappa shape index (κ1) is 11.8. The molecule has 0 aromatic carbocycles. The van der Waals surface area contributed by atoms with E-state index in [0.29, 0.717) is 0 Å². The molecule has 0 amide bonds. The molecule has 1 aliphatic rings. The number of rotatable bonds is 1. The molecule has 0 aliphatic carbocycles. The highest BCUT2D eigenvalue weighted by Crippen LogP contribution is 2.24. The molecule has 1 aliphatic heterocycles. The molecule has 1 fully saturated rings. The van der Waals surface area contributed by atoms with Gasteiger partial charge in [0.25, 0.3) is 0 Å². The highest BCUT2D eigenvalue weighted by Gasteiger charge is 2.51. The summed E-state index contributed by atoms with van der Waals surface area (Å²) in [5, 5.41) is 62.1. The standard InChI is InChI=1S/C6H12O8/c7-1-2(8)4(6(11,12)13)14-5(10)3(1)9/h1-5,7-13H/t1-,2-,3-,4-,5-/m0/s1. The smallest absolute Gasteiger partial charge is 0.306 e. The summed E-state index contributed by atoms with van der Waals surface area (Å²) in [4.78, 5) is 0. The summed E-state index contributed by atoms with van der Waals surface area (Å²) in [6, 6.07) is 0. The van der Waals surface area contributed by atoms with Gasteiger partial charge in [0.2, 0.25) is 0 Å². The lowest BCUT2D eigenvalue weighted by molar-refractivity contribution is -0.414. The minimum Gasteiger partial charge on any atom is -0.387 e. The second-order valence-electron chi connectivity index (χ2n) is 3.11. The van der Waals surface area contributed by atoms with Crippen molar-refractivity contribution < 1.29 is 40.5 Å². The molecule has 5 atom stereocenters. The van der Waals surface area contributed by atoms with Crippen molar-refractivity contribution in [1.29, 1.82) is 0 Å². The number of hydrogen-bond donors (Lipinski definition) is 7. The normalized spacial score (nSPS) is 45.2. The Morgan fingerprint density at radius 2 is 1.29 bits per heavy atom. The highest BCUT2D eigenvalue weighted by molar-refractivity contribution is 4.91. The maximum atomic E-state index is 9.14. The molecule has 0 aromatic heterocycles. The van der Waals surface area contributed by atoms with Crippen LogP contribution in [0.2, 0.25) is 0 Å². The van der Waals surface area contributed by atoms with E-state index in [4.69, 9.17) is 35.7 Å². The summed E-state index contributed by atoms with van der Waals surface area (Å²) in [7, 11) is 0. The zero-order valence-electron chi connectivity index (χ0n) is 6.93. The molecular formula is C6H12O8. The van der Waals surface area contributed by atoms with Crippen LogP contribution in [0.4, 0.5) is 0 Å². The van der Waals surface area contributed by atoms with Crippen molar-refractivity contribution in [3.63, 3.8) is 0 Å². The van der Waals surface area contributed by atoms with Crippen molar-refractivity contribution >= 4 is 0 Å². The second kappa shape index (κ2) is 3.68. The van der Waals surface area contributed by atoms with Gasteiger partial charge in [-0.25, -0.2) is 0 Å². The average Bonchev–Trinajstić information content (AvgIpc) is 2.06. The van der Waals surface area contributed by atoms with Crippen LogP contribution in [-0.4, -0.2) is 72.4 Å². The van der Waals surface area contributed by atoms with E-state index in [1.165, 1.54) is 0 Å². The lowest BCUT2D eigenvalue weighted by Crippen LogP contribution is -2.64. The maximum Gasteiger partial charge on any atom is 0.306 e. The van der Waals surface area contributed by atoms with Gasteiger partial charge in [0, 0.05) is 0 Å². The number of aliphatic hydroxyl groups is 7. The van der Waals surface area contributed by atoms with Gasteiger partial charge in [0.1, 0.15) is 18.3 Å². The summed E-state index contributed by atoms with van der Waals surface area (Å²) >= 11 is 0. The molecular weight excluding hydrogens is 200 g/mol. The Morgan fingerprint density at radius 1 is 0.786 bits per heavy atom. The van der Waals surface area contributed by atoms with Crippen LogP contribution in [0.1, 0.15) is 0 Å². The predicted molar refractivity (Wildman–Crippen MR) is 38.3 cm³/mol. The van der Waals surface area contributed by atoms with Crippen molar-refractivity contribution in [3.8, 4) is 0 Å². The van der Waals surface area contributed by atoms with Gasteiger partial charge in [0.15, 0.2) is 12.4 Å². The van der Waals surface area contributed by atoms with Crippen molar-refractivity contribution in [3.05, 3.63) is 0 Å². The van der Waals surface area contributed by atoms with Crippen LogP contribution in [0.3, 0.4) is 0 Å². The molecule has 1 heterocycles. The summed E-state index contributed by atoms with van der Waals surface area (Å²) in [6.45, 7) is 0. The molecule has 1 saturated heterocycles. The van der Waals surface area contributed by atoms with E-state index < -0.39 is 36.7 Å². The Bertz CT molecular complexity index is 200. The van der Waals surface area contributed by atoms with Crippen LogP contribution < -0.4 is 0 Å². The first-order valence-corrected chi connectivity index (χ1v) is 3.80. The fourth-order valence-corrected chi connectivity index (χ4v) is 1.18. The van der Waals surface area contributed by atoms with E-state index in [9.17, 15) is 0 Å². The maximum absolute atomic E-state index is 9.14. The fourth-order valence-electron chi connectivity index (χ4n) is 1.18. The largest absolute Gasteiger partial charge is 0.387 e. The van der Waals surface area contributed by atoms with Crippen LogP contribution in [0.15, 0.2) is 0 Å². The molecule has 0 aromatic rings. The summed E-state index contributed by atoms with van der Waals surface area (Å²) in [5.74, 6) is -3.42. The average molecular weight is 212 g/mol. The lowest BCUT2D eigenvalue weighted by Gasteiger charge is -2.40. The van der Waals surface area contributed by atoms with Gasteiger partial charge >= 0.3 is 5.97 Å². The second-order valence-corrected chi connectivity index (χ2v) is 3.11. The Balaban J connectivity index is 2.81. The first-order chi connectivity index (χ1) is 6.25. The Kier molecular flexibility index (Phi) is 3.09. The number of ether oxygens (including phenoxy) is 1. The zero-order valence-corrected chi connectivity index (χ0v) is 6.93. The summed E-state index contributed by atoms with van der Waals surface area (Å²) in [5.41, 5.74) is 0. The topological polar surface area (TPSA) is 151 Å². The van der Waals surface area contributed by atoms with E-state index in [1.54, 1.807) is 0 Å². The third kappa shape index (κ3) is 2.02. The van der Waals surface area contributed by atoms with Crippen molar-refractivity contribution in [1.82, 2.24) is 0 Å². The van der Waals surface area contributed by atoms with Crippen molar-refractivity contribution in [2.75, 3.05) is 0 Å². The van der Waals surface area contributed by atoms with E-state index >= 15 is 0 Å². The summed E-state index contributed by atoms with van der Waals surface area (Å²) in [6.07, 6.45) is -9.54. The molecule has 0 spiro atoms. The highest BCUT2D eigenvalue weighted by atomic mass is 16.7. The van der Waals surface area contributed by atoms with Crippen LogP contribution in [-0.2, 0) is 4.74 Å². The third-order valence-corrected chi connectivity index (χ3v) is 1.97. The Morgan fingerprint density at radius 3 is 1.71 bits per heavy atom. The molecule has 14 heavy (non-hydrogen) atoms.